The van der Waals surface area contributed by atoms with Gasteiger partial charge in [-0.2, -0.15) is 0 Å². The van der Waals surface area contributed by atoms with E-state index in [0.29, 0.717) is 11.8 Å². The molecule has 0 unspecified atom stereocenters. The van der Waals surface area contributed by atoms with Crippen LogP contribution in [0, 0.1) is 6.92 Å². The van der Waals surface area contributed by atoms with E-state index >= 15 is 0 Å². The van der Waals surface area contributed by atoms with Crippen molar-refractivity contribution in [1.29, 1.82) is 0 Å². The maximum atomic E-state index is 12.1. The normalized spacial score (nSPS) is 10.8. The molecule has 0 aliphatic rings. The smallest absolute Gasteiger partial charge is 0.291 e. The van der Waals surface area contributed by atoms with E-state index < -0.39 is 0 Å². The Hall–Kier alpha value is -2.07. The van der Waals surface area contributed by atoms with Crippen LogP contribution in [0.15, 0.2) is 41.0 Å². The van der Waals surface area contributed by atoms with Gasteiger partial charge in [0.2, 0.25) is 0 Å². The van der Waals surface area contributed by atoms with E-state index in [0.717, 1.165) is 23.4 Å². The molecule has 2 N–H and O–H groups in total. The second-order valence-electron chi connectivity index (χ2n) is 5.12. The van der Waals surface area contributed by atoms with Crippen molar-refractivity contribution < 1.29 is 9.21 Å². The molecule has 1 aromatic carbocycles. The molecule has 0 aliphatic carbocycles. The minimum atomic E-state index is -0.221. The van der Waals surface area contributed by atoms with Gasteiger partial charge in [-0.1, -0.05) is 26.0 Å². The first-order valence-corrected chi connectivity index (χ1v) is 6.74. The Morgan fingerprint density at radius 2 is 2.10 bits per heavy atom. The summed E-state index contributed by atoms with van der Waals surface area (Å²) in [6.45, 7) is 6.83. The molecule has 0 aliphatic heterocycles. The van der Waals surface area contributed by atoms with E-state index in [1.807, 2.05) is 31.2 Å². The van der Waals surface area contributed by atoms with Crippen LogP contribution in [-0.2, 0) is 6.54 Å². The summed E-state index contributed by atoms with van der Waals surface area (Å²) in [4.78, 5) is 12.1. The molecule has 1 aromatic heterocycles. The highest BCUT2D eigenvalue weighted by Gasteiger charge is 2.12. The van der Waals surface area contributed by atoms with Gasteiger partial charge in [-0.3, -0.25) is 4.79 Å². The molecule has 0 saturated carbocycles. The predicted octanol–water partition coefficient (Wildman–Crippen LogP) is 3.34. The van der Waals surface area contributed by atoms with Crippen molar-refractivity contribution >= 4 is 11.6 Å². The molecule has 106 valence electrons. The second-order valence-corrected chi connectivity index (χ2v) is 5.12. The van der Waals surface area contributed by atoms with Crippen molar-refractivity contribution in [2.45, 2.75) is 33.4 Å². The number of benzene rings is 1. The summed E-state index contributed by atoms with van der Waals surface area (Å²) in [5, 5.41) is 6.20. The number of rotatable bonds is 5. The molecule has 2 rings (SSSR count). The van der Waals surface area contributed by atoms with Crippen LogP contribution >= 0.6 is 0 Å². The largest absolute Gasteiger partial charge is 0.459 e. The van der Waals surface area contributed by atoms with Crippen LogP contribution in [0.3, 0.4) is 0 Å². The number of amides is 1. The van der Waals surface area contributed by atoms with Crippen molar-refractivity contribution in [3.63, 3.8) is 0 Å². The quantitative estimate of drug-likeness (QED) is 0.877. The Labute approximate surface area is 119 Å². The van der Waals surface area contributed by atoms with E-state index in [-0.39, 0.29) is 5.91 Å². The van der Waals surface area contributed by atoms with Gasteiger partial charge in [-0.15, -0.1) is 0 Å². The molecule has 2 aromatic rings. The van der Waals surface area contributed by atoms with Crippen molar-refractivity contribution in [3.8, 4) is 0 Å². The molecule has 0 atom stereocenters. The summed E-state index contributed by atoms with van der Waals surface area (Å²) >= 11 is 0. The highest BCUT2D eigenvalue weighted by atomic mass is 16.3. The lowest BCUT2D eigenvalue weighted by atomic mass is 10.2. The molecule has 1 heterocycles. The zero-order valence-electron chi connectivity index (χ0n) is 12.1. The number of carbonyl (C=O) groups excluding carboxylic acids is 1. The molecule has 1 amide bonds. The molecule has 4 heteroatoms. The van der Waals surface area contributed by atoms with Gasteiger partial charge < -0.3 is 15.1 Å². The molecular weight excluding hydrogens is 252 g/mol. The van der Waals surface area contributed by atoms with Gasteiger partial charge in [-0.05, 0) is 30.7 Å². The number of aryl methyl sites for hydroxylation is 1. The average molecular weight is 272 g/mol. The summed E-state index contributed by atoms with van der Waals surface area (Å²) in [6, 6.07) is 10.0. The number of hydrogen-bond donors (Lipinski definition) is 2. The van der Waals surface area contributed by atoms with E-state index in [4.69, 9.17) is 4.42 Å². The van der Waals surface area contributed by atoms with Crippen LogP contribution in [0.1, 0.15) is 35.5 Å². The second kappa shape index (κ2) is 6.39. The van der Waals surface area contributed by atoms with Gasteiger partial charge in [0, 0.05) is 23.8 Å². The Bertz CT molecular complexity index is 588. The standard InChI is InChI=1S/C16H20N2O2/c1-11(2)17-10-13-5-4-6-14(9-13)18-16(19)15-12(3)7-8-20-15/h4-9,11,17H,10H2,1-3H3,(H,18,19). The van der Waals surface area contributed by atoms with Crippen LogP contribution in [0.25, 0.3) is 0 Å². The molecule has 0 spiro atoms. The molecule has 0 bridgehead atoms. The summed E-state index contributed by atoms with van der Waals surface area (Å²) in [6.07, 6.45) is 1.52. The number of hydrogen-bond acceptors (Lipinski definition) is 3. The third-order valence-electron chi connectivity index (χ3n) is 2.97. The third-order valence-corrected chi connectivity index (χ3v) is 2.97. The fourth-order valence-electron chi connectivity index (χ4n) is 1.87. The van der Waals surface area contributed by atoms with Crippen molar-refractivity contribution in [2.24, 2.45) is 0 Å². The number of furan rings is 1. The highest BCUT2D eigenvalue weighted by molar-refractivity contribution is 6.03. The van der Waals surface area contributed by atoms with Crippen LogP contribution < -0.4 is 10.6 Å². The first-order chi connectivity index (χ1) is 9.56. The lowest BCUT2D eigenvalue weighted by Crippen LogP contribution is -2.21. The Morgan fingerprint density at radius 1 is 1.30 bits per heavy atom. The zero-order valence-corrected chi connectivity index (χ0v) is 12.1. The van der Waals surface area contributed by atoms with E-state index in [9.17, 15) is 4.79 Å². The van der Waals surface area contributed by atoms with Crippen LogP contribution in [0.2, 0.25) is 0 Å². The lowest BCUT2D eigenvalue weighted by molar-refractivity contribution is 0.0996. The fourth-order valence-corrected chi connectivity index (χ4v) is 1.87. The first-order valence-electron chi connectivity index (χ1n) is 6.74. The van der Waals surface area contributed by atoms with Crippen molar-refractivity contribution in [2.75, 3.05) is 5.32 Å². The SMILES string of the molecule is Cc1ccoc1C(=O)Nc1cccc(CNC(C)C)c1. The number of carbonyl (C=O) groups is 1. The van der Waals surface area contributed by atoms with Gasteiger partial charge in [0.25, 0.3) is 5.91 Å². The summed E-state index contributed by atoms with van der Waals surface area (Å²) in [5.74, 6) is 0.136. The summed E-state index contributed by atoms with van der Waals surface area (Å²) in [5.41, 5.74) is 2.74. The fraction of sp³-hybridized carbons (Fsp3) is 0.312. The number of anilines is 1. The predicted molar refractivity (Wildman–Crippen MR) is 79.8 cm³/mol. The third kappa shape index (κ3) is 3.71. The minimum Gasteiger partial charge on any atom is -0.459 e. The molecular formula is C16H20N2O2. The minimum absolute atomic E-state index is 0.221. The Morgan fingerprint density at radius 3 is 2.75 bits per heavy atom. The molecule has 4 nitrogen and oxygen atoms in total. The average Bonchev–Trinajstić information content (AvgIpc) is 2.83. The van der Waals surface area contributed by atoms with Gasteiger partial charge in [-0.25, -0.2) is 0 Å². The van der Waals surface area contributed by atoms with Gasteiger partial charge in [0.1, 0.15) is 0 Å². The van der Waals surface area contributed by atoms with Gasteiger partial charge in [0.05, 0.1) is 6.26 Å². The van der Waals surface area contributed by atoms with Crippen LogP contribution in [0.5, 0.6) is 0 Å². The lowest BCUT2D eigenvalue weighted by Gasteiger charge is -2.10. The van der Waals surface area contributed by atoms with Gasteiger partial charge >= 0.3 is 0 Å². The molecule has 0 fully saturated rings. The van der Waals surface area contributed by atoms with Crippen molar-refractivity contribution in [1.82, 2.24) is 5.32 Å². The monoisotopic (exact) mass is 272 g/mol. The van der Waals surface area contributed by atoms with E-state index in [1.165, 1.54) is 6.26 Å². The summed E-state index contributed by atoms with van der Waals surface area (Å²) in [7, 11) is 0. The summed E-state index contributed by atoms with van der Waals surface area (Å²) < 4.78 is 5.18. The molecule has 0 radical (unpaired) electrons. The highest BCUT2D eigenvalue weighted by Crippen LogP contribution is 2.15. The van der Waals surface area contributed by atoms with Gasteiger partial charge in [0.15, 0.2) is 5.76 Å². The Kier molecular flexibility index (Phi) is 4.58. The zero-order chi connectivity index (χ0) is 14.5. The maximum absolute atomic E-state index is 12.1. The molecule has 20 heavy (non-hydrogen) atoms. The Balaban J connectivity index is 2.04. The van der Waals surface area contributed by atoms with Crippen LogP contribution in [0.4, 0.5) is 5.69 Å². The number of nitrogens with one attached hydrogen (secondary N) is 2. The van der Waals surface area contributed by atoms with Crippen LogP contribution in [-0.4, -0.2) is 11.9 Å². The topological polar surface area (TPSA) is 54.3 Å². The molecule has 0 saturated heterocycles. The van der Waals surface area contributed by atoms with E-state index in [1.54, 1.807) is 6.07 Å². The maximum Gasteiger partial charge on any atom is 0.291 e. The van der Waals surface area contributed by atoms with E-state index in [2.05, 4.69) is 24.5 Å². The first kappa shape index (κ1) is 14.3. The van der Waals surface area contributed by atoms with Crippen molar-refractivity contribution in [3.05, 3.63) is 53.5 Å².